The first kappa shape index (κ1) is 17.1. The summed E-state index contributed by atoms with van der Waals surface area (Å²) in [7, 11) is 0. The van der Waals surface area contributed by atoms with Gasteiger partial charge in [-0.25, -0.2) is 0 Å². The quantitative estimate of drug-likeness (QED) is 0.895. The number of carbonyl (C=O) groups is 1. The van der Waals surface area contributed by atoms with Crippen molar-refractivity contribution in [3.63, 3.8) is 0 Å². The fraction of sp³-hybridized carbons (Fsp3) is 0.409. The minimum absolute atomic E-state index is 0.212. The number of nitrogens with zero attached hydrogens (tertiary/aromatic N) is 1. The molecule has 4 heteroatoms. The maximum absolute atomic E-state index is 11.4. The molecule has 0 radical (unpaired) electrons. The van der Waals surface area contributed by atoms with Crippen LogP contribution in [-0.2, 0) is 6.54 Å². The Hall–Kier alpha value is -2.33. The number of hydrogen-bond acceptors (Lipinski definition) is 3. The predicted octanol–water partition coefficient (Wildman–Crippen LogP) is 3.67. The van der Waals surface area contributed by atoms with E-state index in [0.29, 0.717) is 17.6 Å². The van der Waals surface area contributed by atoms with Crippen molar-refractivity contribution in [2.45, 2.75) is 57.3 Å². The molecular formula is C22H26N2O2. The smallest absolute Gasteiger partial charge is 0.248 e. The van der Waals surface area contributed by atoms with Crippen LogP contribution in [0.15, 0.2) is 48.5 Å². The van der Waals surface area contributed by atoms with Gasteiger partial charge in [-0.2, -0.15) is 0 Å². The second kappa shape index (κ2) is 7.12. The molecule has 0 aromatic heterocycles. The lowest BCUT2D eigenvalue weighted by Gasteiger charge is -2.39. The van der Waals surface area contributed by atoms with E-state index in [9.17, 15) is 4.79 Å². The van der Waals surface area contributed by atoms with Crippen molar-refractivity contribution >= 4 is 5.91 Å². The second-order valence-corrected chi connectivity index (χ2v) is 7.65. The summed E-state index contributed by atoms with van der Waals surface area (Å²) in [6.45, 7) is 3.18. The molecule has 26 heavy (non-hydrogen) atoms. The van der Waals surface area contributed by atoms with Crippen LogP contribution in [0.1, 0.15) is 47.2 Å². The number of ether oxygens (including phenoxy) is 1. The van der Waals surface area contributed by atoms with Crippen LogP contribution >= 0.6 is 0 Å². The summed E-state index contributed by atoms with van der Waals surface area (Å²) in [6.07, 6.45) is 4.80. The van der Waals surface area contributed by atoms with Crippen LogP contribution in [-0.4, -0.2) is 29.0 Å². The fourth-order valence-electron chi connectivity index (χ4n) is 4.52. The van der Waals surface area contributed by atoms with Gasteiger partial charge in [0, 0.05) is 24.2 Å². The molecule has 4 rings (SSSR count). The molecule has 2 bridgehead atoms. The number of benzene rings is 2. The lowest BCUT2D eigenvalue weighted by molar-refractivity contribution is 0.0445. The lowest BCUT2D eigenvalue weighted by Crippen LogP contribution is -2.45. The Balaban J connectivity index is 1.42. The summed E-state index contributed by atoms with van der Waals surface area (Å²) >= 11 is 0. The van der Waals surface area contributed by atoms with Crippen LogP contribution in [0.2, 0.25) is 0 Å². The molecule has 136 valence electrons. The van der Waals surface area contributed by atoms with Crippen LogP contribution in [0.3, 0.4) is 0 Å². The molecule has 2 aliphatic heterocycles. The zero-order valence-electron chi connectivity index (χ0n) is 15.2. The molecule has 2 saturated heterocycles. The highest BCUT2D eigenvalue weighted by Crippen LogP contribution is 2.38. The molecule has 0 saturated carbocycles. The normalized spacial score (nSPS) is 25.2. The third-order valence-electron chi connectivity index (χ3n) is 5.71. The van der Waals surface area contributed by atoms with Crippen LogP contribution < -0.4 is 10.5 Å². The Morgan fingerprint density at radius 2 is 1.85 bits per heavy atom. The highest BCUT2D eigenvalue weighted by atomic mass is 16.5. The van der Waals surface area contributed by atoms with Crippen molar-refractivity contribution in [1.29, 1.82) is 0 Å². The minimum Gasteiger partial charge on any atom is -0.490 e. The van der Waals surface area contributed by atoms with E-state index in [1.54, 1.807) is 12.1 Å². The van der Waals surface area contributed by atoms with E-state index in [0.717, 1.165) is 25.1 Å². The highest BCUT2D eigenvalue weighted by Gasteiger charge is 2.41. The van der Waals surface area contributed by atoms with E-state index < -0.39 is 5.91 Å². The third-order valence-corrected chi connectivity index (χ3v) is 5.71. The van der Waals surface area contributed by atoms with Crippen LogP contribution in [0.25, 0.3) is 0 Å². The van der Waals surface area contributed by atoms with Gasteiger partial charge in [0.15, 0.2) is 0 Å². The van der Waals surface area contributed by atoms with Crippen molar-refractivity contribution in [1.82, 2.24) is 4.90 Å². The Bertz CT molecular complexity index is 790. The summed E-state index contributed by atoms with van der Waals surface area (Å²) in [5, 5.41) is 0. The predicted molar refractivity (Wildman–Crippen MR) is 102 cm³/mol. The van der Waals surface area contributed by atoms with Crippen LogP contribution in [0.4, 0.5) is 0 Å². The van der Waals surface area contributed by atoms with Gasteiger partial charge in [0.05, 0.1) is 0 Å². The molecule has 2 aliphatic rings. The monoisotopic (exact) mass is 350 g/mol. The number of primary amides is 1. The zero-order valence-corrected chi connectivity index (χ0v) is 15.2. The molecule has 3 atom stereocenters. The van der Waals surface area contributed by atoms with Gasteiger partial charge in [0.25, 0.3) is 0 Å². The maximum Gasteiger partial charge on any atom is 0.248 e. The Morgan fingerprint density at radius 3 is 2.54 bits per heavy atom. The van der Waals surface area contributed by atoms with Crippen molar-refractivity contribution < 1.29 is 9.53 Å². The molecular weight excluding hydrogens is 324 g/mol. The largest absolute Gasteiger partial charge is 0.490 e. The topological polar surface area (TPSA) is 55.6 Å². The van der Waals surface area contributed by atoms with E-state index in [1.807, 2.05) is 12.1 Å². The van der Waals surface area contributed by atoms with Crippen molar-refractivity contribution in [2.24, 2.45) is 5.73 Å². The Morgan fingerprint density at radius 1 is 1.12 bits per heavy atom. The van der Waals surface area contributed by atoms with E-state index >= 15 is 0 Å². The second-order valence-electron chi connectivity index (χ2n) is 7.65. The Kier molecular flexibility index (Phi) is 4.68. The van der Waals surface area contributed by atoms with Crippen molar-refractivity contribution in [2.75, 3.05) is 0 Å². The SMILES string of the molecule is Cc1cccc(CN2[C@@H]3CC[C@H]2CC(Oc2cccc(C(N)=O)c2)C3)c1. The number of aryl methyl sites for hydroxylation is 1. The van der Waals surface area contributed by atoms with Gasteiger partial charge in [-0.15, -0.1) is 0 Å². The average molecular weight is 350 g/mol. The van der Waals surface area contributed by atoms with Gasteiger partial charge in [-0.3, -0.25) is 9.69 Å². The summed E-state index contributed by atoms with van der Waals surface area (Å²) in [5.74, 6) is 0.335. The van der Waals surface area contributed by atoms with Gasteiger partial charge in [-0.05, 0) is 56.4 Å². The van der Waals surface area contributed by atoms with Crippen molar-refractivity contribution in [3.05, 3.63) is 65.2 Å². The lowest BCUT2D eigenvalue weighted by atomic mass is 9.98. The summed E-state index contributed by atoms with van der Waals surface area (Å²) in [6, 6.07) is 17.2. The number of piperidine rings is 1. The maximum atomic E-state index is 11.4. The molecule has 4 nitrogen and oxygen atoms in total. The molecule has 0 aliphatic carbocycles. The summed E-state index contributed by atoms with van der Waals surface area (Å²) in [4.78, 5) is 14.0. The zero-order chi connectivity index (χ0) is 18.1. The number of amides is 1. The van der Waals surface area contributed by atoms with Crippen LogP contribution in [0, 0.1) is 6.92 Å². The highest BCUT2D eigenvalue weighted by molar-refractivity contribution is 5.93. The third kappa shape index (κ3) is 3.61. The van der Waals surface area contributed by atoms with Crippen molar-refractivity contribution in [3.8, 4) is 5.75 Å². The number of hydrogen-bond donors (Lipinski definition) is 1. The minimum atomic E-state index is -0.413. The van der Waals surface area contributed by atoms with E-state index in [1.165, 1.54) is 24.0 Å². The van der Waals surface area contributed by atoms with Gasteiger partial charge in [0.1, 0.15) is 11.9 Å². The summed E-state index contributed by atoms with van der Waals surface area (Å²) in [5.41, 5.74) is 8.59. The van der Waals surface area contributed by atoms with Gasteiger partial charge >= 0.3 is 0 Å². The van der Waals surface area contributed by atoms with E-state index in [4.69, 9.17) is 10.5 Å². The standard InChI is InChI=1S/C22H26N2O2/c1-15-4-2-5-16(10-15)14-24-18-8-9-19(24)13-21(12-18)26-20-7-3-6-17(11-20)22(23)25/h2-7,10-11,18-19,21H,8-9,12-14H2,1H3,(H2,23,25)/t18-,19+,21?. The van der Waals surface area contributed by atoms with Gasteiger partial charge in [-0.1, -0.05) is 35.9 Å². The Labute approximate surface area is 155 Å². The first-order chi connectivity index (χ1) is 12.6. The van der Waals surface area contributed by atoms with Gasteiger partial charge < -0.3 is 10.5 Å². The molecule has 2 fully saturated rings. The molecule has 2 heterocycles. The van der Waals surface area contributed by atoms with Gasteiger partial charge in [0.2, 0.25) is 5.91 Å². The molecule has 2 N–H and O–H groups in total. The molecule has 2 aromatic rings. The van der Waals surface area contributed by atoms with E-state index in [2.05, 4.69) is 36.1 Å². The molecule has 0 spiro atoms. The van der Waals surface area contributed by atoms with Crippen LogP contribution in [0.5, 0.6) is 5.75 Å². The summed E-state index contributed by atoms with van der Waals surface area (Å²) < 4.78 is 6.21. The number of rotatable bonds is 5. The molecule has 1 unspecified atom stereocenters. The molecule has 2 aromatic carbocycles. The molecule has 1 amide bonds. The first-order valence-corrected chi connectivity index (χ1v) is 9.46. The fourth-order valence-corrected chi connectivity index (χ4v) is 4.52. The van der Waals surface area contributed by atoms with E-state index in [-0.39, 0.29) is 6.10 Å². The number of fused-ring (bicyclic) bond motifs is 2. The average Bonchev–Trinajstić information content (AvgIpc) is 2.85. The number of carbonyl (C=O) groups excluding carboxylic acids is 1. The first-order valence-electron chi connectivity index (χ1n) is 9.46. The number of nitrogens with two attached hydrogens (primary N) is 1.